The number of halogens is 4. The first-order valence-electron chi connectivity index (χ1n) is 9.63. The van der Waals surface area contributed by atoms with Crippen molar-refractivity contribution < 1.29 is 27.5 Å². The summed E-state index contributed by atoms with van der Waals surface area (Å²) in [6.45, 7) is 6.62. The number of piperidine rings is 1. The number of rotatable bonds is 6. The van der Waals surface area contributed by atoms with Gasteiger partial charge in [0, 0.05) is 13.1 Å². The Kier molecular flexibility index (Phi) is 7.80. The molecular weight excluding hydrogens is 409 g/mol. The minimum Gasteiger partial charge on any atom is -0.466 e. The molecule has 0 spiro atoms. The second kappa shape index (κ2) is 9.69. The highest BCUT2D eigenvalue weighted by Crippen LogP contribution is 2.34. The van der Waals surface area contributed by atoms with Gasteiger partial charge < -0.3 is 15.0 Å². The number of benzene rings is 1. The van der Waals surface area contributed by atoms with E-state index >= 15 is 0 Å². The smallest absolute Gasteiger partial charge is 0.416 e. The molecule has 1 aromatic carbocycles. The first kappa shape index (κ1) is 23.3. The number of alkyl halides is 3. The molecule has 1 N–H and O–H groups in total. The van der Waals surface area contributed by atoms with Crippen molar-refractivity contribution in [3.63, 3.8) is 0 Å². The van der Waals surface area contributed by atoms with Crippen LogP contribution in [0.15, 0.2) is 18.2 Å². The van der Waals surface area contributed by atoms with Gasteiger partial charge >= 0.3 is 12.1 Å². The van der Waals surface area contributed by atoms with Crippen LogP contribution in [0.5, 0.6) is 0 Å². The lowest BCUT2D eigenvalue weighted by Gasteiger charge is -2.35. The highest BCUT2D eigenvalue weighted by molar-refractivity contribution is 6.33. The van der Waals surface area contributed by atoms with Gasteiger partial charge in [-0.15, -0.1) is 0 Å². The Bertz CT molecular complexity index is 732. The number of hydrogen-bond acceptors (Lipinski definition) is 4. The first-order valence-corrected chi connectivity index (χ1v) is 10.0. The quantitative estimate of drug-likeness (QED) is 0.665. The van der Waals surface area contributed by atoms with E-state index in [4.69, 9.17) is 16.3 Å². The number of esters is 1. The number of carbonyl (C=O) groups excluding carboxylic acids is 2. The summed E-state index contributed by atoms with van der Waals surface area (Å²) in [7, 11) is 0. The summed E-state index contributed by atoms with van der Waals surface area (Å²) in [4.78, 5) is 26.5. The average molecular weight is 435 g/mol. The van der Waals surface area contributed by atoms with E-state index in [0.29, 0.717) is 32.5 Å². The summed E-state index contributed by atoms with van der Waals surface area (Å²) in [6.07, 6.45) is -3.44. The van der Waals surface area contributed by atoms with E-state index in [-0.39, 0.29) is 34.4 Å². The van der Waals surface area contributed by atoms with Crippen LogP contribution in [0.3, 0.4) is 0 Å². The molecule has 0 aromatic heterocycles. The van der Waals surface area contributed by atoms with Crippen LogP contribution < -0.4 is 5.32 Å². The Morgan fingerprint density at radius 2 is 1.90 bits per heavy atom. The number of amides is 1. The molecule has 1 heterocycles. The Labute approximate surface area is 173 Å². The Hall–Kier alpha value is -1.96. The fourth-order valence-corrected chi connectivity index (χ4v) is 3.52. The molecule has 0 unspecified atom stereocenters. The van der Waals surface area contributed by atoms with Crippen molar-refractivity contribution in [3.05, 3.63) is 28.8 Å². The summed E-state index contributed by atoms with van der Waals surface area (Å²) in [5.74, 6) is -0.745. The van der Waals surface area contributed by atoms with Crippen LogP contribution in [0.1, 0.15) is 39.2 Å². The fourth-order valence-electron chi connectivity index (χ4n) is 3.28. The van der Waals surface area contributed by atoms with Gasteiger partial charge in [0.05, 0.1) is 28.8 Å². The molecule has 162 valence electrons. The lowest BCUT2D eigenvalue weighted by molar-refractivity contribution is -0.151. The molecule has 0 bridgehead atoms. The van der Waals surface area contributed by atoms with E-state index in [1.165, 1.54) is 6.07 Å². The summed E-state index contributed by atoms with van der Waals surface area (Å²) in [5, 5.41) is 2.90. The molecule has 0 saturated carbocycles. The van der Waals surface area contributed by atoms with Crippen molar-refractivity contribution in [1.82, 2.24) is 4.90 Å². The maximum absolute atomic E-state index is 13.0. The molecule has 1 aliphatic rings. The van der Waals surface area contributed by atoms with Gasteiger partial charge in [0.25, 0.3) is 0 Å². The zero-order valence-electron chi connectivity index (χ0n) is 16.7. The minimum absolute atomic E-state index is 0.0979. The molecule has 1 aliphatic heterocycles. The number of hydrogen-bond donors (Lipinski definition) is 1. The monoisotopic (exact) mass is 434 g/mol. The van der Waals surface area contributed by atoms with Gasteiger partial charge in [-0.25, -0.2) is 0 Å². The minimum atomic E-state index is -4.49. The van der Waals surface area contributed by atoms with Gasteiger partial charge in [-0.3, -0.25) is 9.59 Å². The summed E-state index contributed by atoms with van der Waals surface area (Å²) in [6, 6.07) is 2.36. The molecule has 2 rings (SSSR count). The van der Waals surface area contributed by atoms with Crippen LogP contribution in [-0.2, 0) is 20.5 Å². The maximum atomic E-state index is 13.0. The first-order chi connectivity index (χ1) is 13.5. The van der Waals surface area contributed by atoms with Crippen molar-refractivity contribution in [3.8, 4) is 0 Å². The standard InChI is InChI=1S/C20H26ClF3N2O3/c1-4-29-19(28)13-7-9-26(10-8-13)18(27)17(12(2)3)25-16-6-5-14(11-15(16)21)20(22,23)24/h5-6,11-13,17,25H,4,7-10H2,1-3H3/t17-/m0/s1. The van der Waals surface area contributed by atoms with Gasteiger partial charge in [0.15, 0.2) is 0 Å². The second-order valence-electron chi connectivity index (χ2n) is 7.41. The fraction of sp³-hybridized carbons (Fsp3) is 0.600. The van der Waals surface area contributed by atoms with E-state index in [1.807, 2.05) is 13.8 Å². The molecule has 9 heteroatoms. The molecule has 1 aromatic rings. The van der Waals surface area contributed by atoms with Crippen LogP contribution in [0.4, 0.5) is 18.9 Å². The molecule has 29 heavy (non-hydrogen) atoms. The predicted octanol–water partition coefficient (Wildman–Crippen LogP) is 4.60. The highest BCUT2D eigenvalue weighted by Gasteiger charge is 2.34. The molecule has 1 amide bonds. The van der Waals surface area contributed by atoms with E-state index in [1.54, 1.807) is 11.8 Å². The van der Waals surface area contributed by atoms with E-state index in [0.717, 1.165) is 12.1 Å². The number of nitrogens with one attached hydrogen (secondary N) is 1. The van der Waals surface area contributed by atoms with Crippen molar-refractivity contribution in [2.75, 3.05) is 25.0 Å². The third kappa shape index (κ3) is 6.01. The Morgan fingerprint density at radius 3 is 2.38 bits per heavy atom. The van der Waals surface area contributed by atoms with Crippen molar-refractivity contribution in [1.29, 1.82) is 0 Å². The van der Waals surface area contributed by atoms with Crippen LogP contribution in [0.2, 0.25) is 5.02 Å². The molecule has 5 nitrogen and oxygen atoms in total. The van der Waals surface area contributed by atoms with Gasteiger partial charge in [-0.1, -0.05) is 25.4 Å². The third-order valence-corrected chi connectivity index (χ3v) is 5.28. The lowest BCUT2D eigenvalue weighted by atomic mass is 9.95. The number of ether oxygens (including phenoxy) is 1. The lowest BCUT2D eigenvalue weighted by Crippen LogP contribution is -2.49. The number of nitrogens with zero attached hydrogens (tertiary/aromatic N) is 1. The largest absolute Gasteiger partial charge is 0.466 e. The van der Waals surface area contributed by atoms with Gasteiger partial charge in [-0.2, -0.15) is 13.2 Å². The second-order valence-corrected chi connectivity index (χ2v) is 7.82. The Balaban J connectivity index is 2.07. The van der Waals surface area contributed by atoms with Gasteiger partial charge in [0.1, 0.15) is 6.04 Å². The predicted molar refractivity (Wildman–Crippen MR) is 105 cm³/mol. The van der Waals surface area contributed by atoms with Crippen LogP contribution in [-0.4, -0.2) is 42.5 Å². The van der Waals surface area contributed by atoms with E-state index in [2.05, 4.69) is 5.32 Å². The average Bonchev–Trinajstić information content (AvgIpc) is 2.65. The van der Waals surface area contributed by atoms with Crippen molar-refractivity contribution >= 4 is 29.2 Å². The number of likely N-dealkylation sites (tertiary alicyclic amines) is 1. The van der Waals surface area contributed by atoms with Crippen LogP contribution >= 0.6 is 11.6 Å². The maximum Gasteiger partial charge on any atom is 0.416 e. The zero-order chi connectivity index (χ0) is 21.8. The van der Waals surface area contributed by atoms with E-state index in [9.17, 15) is 22.8 Å². The third-order valence-electron chi connectivity index (χ3n) is 4.97. The Morgan fingerprint density at radius 1 is 1.28 bits per heavy atom. The molecule has 1 saturated heterocycles. The SMILES string of the molecule is CCOC(=O)C1CCN(C(=O)[C@@H](Nc2ccc(C(F)(F)F)cc2Cl)C(C)C)CC1. The van der Waals surface area contributed by atoms with Crippen molar-refractivity contribution in [2.24, 2.45) is 11.8 Å². The van der Waals surface area contributed by atoms with Crippen LogP contribution in [0, 0.1) is 11.8 Å². The van der Waals surface area contributed by atoms with Crippen molar-refractivity contribution in [2.45, 2.75) is 45.8 Å². The zero-order valence-corrected chi connectivity index (χ0v) is 17.4. The van der Waals surface area contributed by atoms with Gasteiger partial charge in [0.2, 0.25) is 5.91 Å². The van der Waals surface area contributed by atoms with Crippen LogP contribution in [0.25, 0.3) is 0 Å². The summed E-state index contributed by atoms with van der Waals surface area (Å²) in [5.41, 5.74) is -0.574. The topological polar surface area (TPSA) is 58.6 Å². The highest BCUT2D eigenvalue weighted by atomic mass is 35.5. The summed E-state index contributed by atoms with van der Waals surface area (Å²) < 4.78 is 43.5. The normalized spacial score (nSPS) is 16.6. The molecule has 1 fully saturated rings. The van der Waals surface area contributed by atoms with E-state index < -0.39 is 17.8 Å². The summed E-state index contributed by atoms with van der Waals surface area (Å²) >= 11 is 6.02. The number of anilines is 1. The molecule has 0 radical (unpaired) electrons. The molecule has 1 atom stereocenters. The molecule has 0 aliphatic carbocycles. The molecular formula is C20H26ClF3N2O3. The number of carbonyl (C=O) groups is 2. The van der Waals surface area contributed by atoms with Gasteiger partial charge in [-0.05, 0) is 43.9 Å².